The van der Waals surface area contributed by atoms with Crippen LogP contribution in [0.4, 0.5) is 13.6 Å². The number of carbonyl (C=O) groups is 1. The maximum Gasteiger partial charge on any atom is 0.410 e. The summed E-state index contributed by atoms with van der Waals surface area (Å²) in [6.07, 6.45) is -1.54. The molecule has 0 aliphatic carbocycles. The Morgan fingerprint density at radius 1 is 1.53 bits per heavy atom. The van der Waals surface area contributed by atoms with Gasteiger partial charge in [-0.15, -0.1) is 0 Å². The molecule has 4 nitrogen and oxygen atoms in total. The van der Waals surface area contributed by atoms with Gasteiger partial charge in [-0.2, -0.15) is 0 Å². The van der Waals surface area contributed by atoms with Crippen LogP contribution >= 0.6 is 0 Å². The summed E-state index contributed by atoms with van der Waals surface area (Å²) in [6, 6.07) is -0.867. The minimum Gasteiger partial charge on any atom is -0.444 e. The lowest BCUT2D eigenvalue weighted by atomic mass is 9.99. The van der Waals surface area contributed by atoms with E-state index in [0.717, 1.165) is 0 Å². The summed E-state index contributed by atoms with van der Waals surface area (Å²) >= 11 is 0. The van der Waals surface area contributed by atoms with E-state index in [1.807, 2.05) is 0 Å². The molecule has 0 saturated carbocycles. The molecule has 6 heteroatoms. The van der Waals surface area contributed by atoms with Crippen molar-refractivity contribution in [1.29, 1.82) is 0 Å². The fourth-order valence-electron chi connectivity index (χ4n) is 1.75. The Morgan fingerprint density at radius 2 is 2.12 bits per heavy atom. The summed E-state index contributed by atoms with van der Waals surface area (Å²) in [5.74, 6) is -2.81. The number of hydrogen-bond donors (Lipinski definition) is 1. The summed E-state index contributed by atoms with van der Waals surface area (Å²) in [5, 5.41) is 9.06. The lowest BCUT2D eigenvalue weighted by Crippen LogP contribution is -2.52. The standard InChI is InChI=1S/C11H19F2NO3/c1-10(2,3)17-9(16)14-5-4-11(12,13)6-8(14)7-15/h8,15H,4-7H2,1-3H3/t8-/m1/s1. The Hall–Kier alpha value is -0.910. The third-order valence-electron chi connectivity index (χ3n) is 2.53. The molecular formula is C11H19F2NO3. The van der Waals surface area contributed by atoms with Crippen molar-refractivity contribution in [3.05, 3.63) is 0 Å². The van der Waals surface area contributed by atoms with Crippen molar-refractivity contribution in [1.82, 2.24) is 4.90 Å². The number of alkyl halides is 2. The highest BCUT2D eigenvalue weighted by atomic mass is 19.3. The molecule has 1 aliphatic rings. The number of halogens is 2. The first-order chi connectivity index (χ1) is 7.64. The molecule has 1 atom stereocenters. The van der Waals surface area contributed by atoms with Gasteiger partial charge in [-0.1, -0.05) is 0 Å². The number of ether oxygens (including phenoxy) is 1. The molecule has 0 aromatic heterocycles. The highest BCUT2D eigenvalue weighted by molar-refractivity contribution is 5.68. The third kappa shape index (κ3) is 4.11. The smallest absolute Gasteiger partial charge is 0.410 e. The summed E-state index contributed by atoms with van der Waals surface area (Å²) in [7, 11) is 0. The van der Waals surface area contributed by atoms with Crippen LogP contribution in [-0.2, 0) is 4.74 Å². The topological polar surface area (TPSA) is 49.8 Å². The molecule has 1 fully saturated rings. The number of aliphatic hydroxyl groups excluding tert-OH is 1. The van der Waals surface area contributed by atoms with E-state index in [1.165, 1.54) is 4.90 Å². The lowest BCUT2D eigenvalue weighted by molar-refractivity contribution is -0.0879. The number of likely N-dealkylation sites (tertiary alicyclic amines) is 1. The first kappa shape index (κ1) is 14.2. The van der Waals surface area contributed by atoms with Crippen LogP contribution < -0.4 is 0 Å². The summed E-state index contributed by atoms with van der Waals surface area (Å²) in [4.78, 5) is 12.9. The molecule has 1 amide bonds. The zero-order valence-corrected chi connectivity index (χ0v) is 10.4. The predicted molar refractivity (Wildman–Crippen MR) is 58.0 cm³/mol. The highest BCUT2D eigenvalue weighted by Gasteiger charge is 2.42. The van der Waals surface area contributed by atoms with E-state index in [1.54, 1.807) is 20.8 Å². The number of nitrogens with zero attached hydrogens (tertiary/aromatic N) is 1. The quantitative estimate of drug-likeness (QED) is 0.775. The summed E-state index contributed by atoms with van der Waals surface area (Å²) in [6.45, 7) is 4.55. The molecule has 0 aromatic rings. The van der Waals surface area contributed by atoms with E-state index in [-0.39, 0.29) is 13.0 Å². The van der Waals surface area contributed by atoms with Gasteiger partial charge in [-0.05, 0) is 20.8 Å². The van der Waals surface area contributed by atoms with E-state index >= 15 is 0 Å². The van der Waals surface area contributed by atoms with Crippen LogP contribution in [0.3, 0.4) is 0 Å². The molecular weight excluding hydrogens is 232 g/mol. The van der Waals surface area contributed by atoms with Crippen LogP contribution in [0.15, 0.2) is 0 Å². The number of piperidine rings is 1. The maximum absolute atomic E-state index is 13.1. The monoisotopic (exact) mass is 251 g/mol. The van der Waals surface area contributed by atoms with Gasteiger partial charge in [-0.25, -0.2) is 13.6 Å². The molecule has 0 unspecified atom stereocenters. The molecule has 100 valence electrons. The summed E-state index contributed by atoms with van der Waals surface area (Å²) in [5.41, 5.74) is -0.670. The van der Waals surface area contributed by atoms with Crippen LogP contribution in [0.1, 0.15) is 33.6 Å². The zero-order valence-electron chi connectivity index (χ0n) is 10.4. The van der Waals surface area contributed by atoms with Gasteiger partial charge < -0.3 is 14.7 Å². The normalized spacial score (nSPS) is 24.6. The number of hydrogen-bond acceptors (Lipinski definition) is 3. The van der Waals surface area contributed by atoms with Gasteiger partial charge in [0.2, 0.25) is 0 Å². The van der Waals surface area contributed by atoms with Gasteiger partial charge in [-0.3, -0.25) is 0 Å². The number of amides is 1. The molecule has 1 rings (SSSR count). The van der Waals surface area contributed by atoms with E-state index < -0.39 is 36.7 Å². The van der Waals surface area contributed by atoms with Crippen molar-refractivity contribution in [3.8, 4) is 0 Å². The third-order valence-corrected chi connectivity index (χ3v) is 2.53. The lowest BCUT2D eigenvalue weighted by Gasteiger charge is -2.38. The van der Waals surface area contributed by atoms with Crippen LogP contribution in [0.5, 0.6) is 0 Å². The summed E-state index contributed by atoms with van der Waals surface area (Å²) < 4.78 is 31.4. The minimum absolute atomic E-state index is 0.0901. The van der Waals surface area contributed by atoms with E-state index in [2.05, 4.69) is 0 Å². The van der Waals surface area contributed by atoms with Crippen molar-refractivity contribution >= 4 is 6.09 Å². The molecule has 0 radical (unpaired) electrons. The molecule has 1 aliphatic heterocycles. The molecule has 1 saturated heterocycles. The van der Waals surface area contributed by atoms with Crippen molar-refractivity contribution < 1.29 is 23.4 Å². The average molecular weight is 251 g/mol. The molecule has 17 heavy (non-hydrogen) atoms. The first-order valence-corrected chi connectivity index (χ1v) is 5.63. The fraction of sp³-hybridized carbons (Fsp3) is 0.909. The zero-order chi connectivity index (χ0) is 13.3. The van der Waals surface area contributed by atoms with Crippen LogP contribution in [0.25, 0.3) is 0 Å². The van der Waals surface area contributed by atoms with E-state index in [4.69, 9.17) is 9.84 Å². The number of aliphatic hydroxyl groups is 1. The second-order valence-electron chi connectivity index (χ2n) is 5.32. The fourth-order valence-corrected chi connectivity index (χ4v) is 1.75. The van der Waals surface area contributed by atoms with Gasteiger partial charge >= 0.3 is 6.09 Å². The minimum atomic E-state index is -2.81. The van der Waals surface area contributed by atoms with Crippen LogP contribution in [0, 0.1) is 0 Å². The first-order valence-electron chi connectivity index (χ1n) is 5.63. The second kappa shape index (κ2) is 4.76. The molecule has 0 aromatic carbocycles. The Morgan fingerprint density at radius 3 is 2.59 bits per heavy atom. The Kier molecular flexibility index (Phi) is 3.96. The molecule has 1 N–H and O–H groups in total. The Labute approximate surface area is 99.5 Å². The molecule has 1 heterocycles. The van der Waals surface area contributed by atoms with Crippen LogP contribution in [0.2, 0.25) is 0 Å². The highest BCUT2D eigenvalue weighted by Crippen LogP contribution is 2.32. The molecule has 0 bridgehead atoms. The van der Waals surface area contributed by atoms with E-state index in [9.17, 15) is 13.6 Å². The number of carbonyl (C=O) groups excluding carboxylic acids is 1. The predicted octanol–water partition coefficient (Wildman–Crippen LogP) is 2.01. The maximum atomic E-state index is 13.1. The average Bonchev–Trinajstić information content (AvgIpc) is 2.13. The SMILES string of the molecule is CC(C)(C)OC(=O)N1CCC(F)(F)C[C@@H]1CO. The van der Waals surface area contributed by atoms with Gasteiger partial charge in [0.1, 0.15) is 5.60 Å². The van der Waals surface area contributed by atoms with Crippen molar-refractivity contribution in [2.75, 3.05) is 13.2 Å². The van der Waals surface area contributed by atoms with Crippen molar-refractivity contribution in [2.45, 2.75) is 51.2 Å². The Bertz CT molecular complexity index is 289. The van der Waals surface area contributed by atoms with Gasteiger partial charge in [0.05, 0.1) is 12.6 Å². The van der Waals surface area contributed by atoms with Gasteiger partial charge in [0, 0.05) is 19.4 Å². The van der Waals surface area contributed by atoms with Crippen LogP contribution in [-0.4, -0.2) is 46.8 Å². The van der Waals surface area contributed by atoms with E-state index in [0.29, 0.717) is 0 Å². The number of rotatable bonds is 1. The second-order valence-corrected chi connectivity index (χ2v) is 5.32. The Balaban J connectivity index is 2.67. The molecule has 0 spiro atoms. The largest absolute Gasteiger partial charge is 0.444 e. The van der Waals surface area contributed by atoms with Crippen molar-refractivity contribution in [3.63, 3.8) is 0 Å². The van der Waals surface area contributed by atoms with Gasteiger partial charge in [0.25, 0.3) is 5.92 Å². The van der Waals surface area contributed by atoms with Crippen molar-refractivity contribution in [2.24, 2.45) is 0 Å². The van der Waals surface area contributed by atoms with Gasteiger partial charge in [0.15, 0.2) is 0 Å².